The van der Waals surface area contributed by atoms with Gasteiger partial charge in [0.2, 0.25) is 5.91 Å². The van der Waals surface area contributed by atoms with Crippen molar-refractivity contribution in [2.45, 2.75) is 12.5 Å². The van der Waals surface area contributed by atoms with Gasteiger partial charge in [-0.3, -0.25) is 19.3 Å². The molecule has 0 saturated carbocycles. The van der Waals surface area contributed by atoms with Crippen molar-refractivity contribution >= 4 is 23.8 Å². The maximum absolute atomic E-state index is 13.0. The number of rotatable bonds is 5. The van der Waals surface area contributed by atoms with Gasteiger partial charge in [-0.15, -0.1) is 0 Å². The van der Waals surface area contributed by atoms with E-state index in [0.717, 1.165) is 12.1 Å². The largest absolute Gasteiger partial charge is 0.480 e. The first-order chi connectivity index (χ1) is 10.7. The molecule has 1 aromatic rings. The lowest BCUT2D eigenvalue weighted by Crippen LogP contribution is -2.44. The second kappa shape index (κ2) is 6.03. The predicted octanol–water partition coefficient (Wildman–Crippen LogP) is -0.207. The quantitative estimate of drug-likeness (QED) is 0.649. The summed E-state index contributed by atoms with van der Waals surface area (Å²) in [6.45, 7) is 0.224. The summed E-state index contributed by atoms with van der Waals surface area (Å²) in [6, 6.07) is 4.25. The molecule has 1 fully saturated rings. The fourth-order valence-electron chi connectivity index (χ4n) is 2.19. The molecular weight excluding hydrogens is 309 g/mol. The summed E-state index contributed by atoms with van der Waals surface area (Å²) in [5.74, 6) is -3.19. The zero-order chi connectivity index (χ0) is 17.2. The minimum atomic E-state index is -1.42. The average Bonchev–Trinajstić information content (AvgIpc) is 2.70. The Bertz CT molecular complexity index is 675. The SMILES string of the molecule is CC1(c2ccc(F)cc2)NC(=O)N(CC(=O)NCC(=O)O)C1=O. The van der Waals surface area contributed by atoms with Crippen LogP contribution in [0, 0.1) is 5.82 Å². The van der Waals surface area contributed by atoms with Crippen molar-refractivity contribution in [1.82, 2.24) is 15.5 Å². The van der Waals surface area contributed by atoms with Crippen molar-refractivity contribution in [1.29, 1.82) is 0 Å². The van der Waals surface area contributed by atoms with E-state index in [9.17, 15) is 23.6 Å². The van der Waals surface area contributed by atoms with Gasteiger partial charge in [0.1, 0.15) is 24.4 Å². The van der Waals surface area contributed by atoms with E-state index < -0.39 is 48.3 Å². The molecule has 1 atom stereocenters. The highest BCUT2D eigenvalue weighted by atomic mass is 19.1. The maximum atomic E-state index is 13.0. The number of amides is 4. The fraction of sp³-hybridized carbons (Fsp3) is 0.286. The molecule has 9 heteroatoms. The second-order valence-corrected chi connectivity index (χ2v) is 5.12. The van der Waals surface area contributed by atoms with E-state index in [1.165, 1.54) is 19.1 Å². The van der Waals surface area contributed by atoms with Crippen LogP contribution in [0.5, 0.6) is 0 Å². The highest BCUT2D eigenvalue weighted by Gasteiger charge is 2.49. The number of carboxylic acids is 1. The number of hydrogen-bond donors (Lipinski definition) is 3. The summed E-state index contributed by atoms with van der Waals surface area (Å²) >= 11 is 0. The van der Waals surface area contributed by atoms with E-state index in [1.54, 1.807) is 0 Å². The van der Waals surface area contributed by atoms with Gasteiger partial charge in [0, 0.05) is 0 Å². The number of carbonyl (C=O) groups excluding carboxylic acids is 3. The third kappa shape index (κ3) is 3.28. The summed E-state index contributed by atoms with van der Waals surface area (Å²) in [7, 11) is 0. The first-order valence-electron chi connectivity index (χ1n) is 6.62. The normalized spacial score (nSPS) is 20.3. The molecule has 4 amide bonds. The Labute approximate surface area is 130 Å². The average molecular weight is 323 g/mol. The molecule has 1 aliphatic heterocycles. The number of aliphatic carboxylic acids is 1. The predicted molar refractivity (Wildman–Crippen MR) is 74.6 cm³/mol. The van der Waals surface area contributed by atoms with Crippen LogP contribution in [0.4, 0.5) is 9.18 Å². The van der Waals surface area contributed by atoms with Gasteiger partial charge in [0.15, 0.2) is 0 Å². The van der Waals surface area contributed by atoms with E-state index in [-0.39, 0.29) is 0 Å². The van der Waals surface area contributed by atoms with E-state index in [1.807, 2.05) is 0 Å². The van der Waals surface area contributed by atoms with Gasteiger partial charge >= 0.3 is 12.0 Å². The first-order valence-corrected chi connectivity index (χ1v) is 6.62. The van der Waals surface area contributed by atoms with E-state index >= 15 is 0 Å². The number of imide groups is 1. The molecule has 1 aromatic carbocycles. The minimum Gasteiger partial charge on any atom is -0.480 e. The third-order valence-electron chi connectivity index (χ3n) is 3.44. The van der Waals surface area contributed by atoms with Gasteiger partial charge in [0.05, 0.1) is 0 Å². The second-order valence-electron chi connectivity index (χ2n) is 5.12. The summed E-state index contributed by atoms with van der Waals surface area (Å²) in [5.41, 5.74) is -1.05. The standard InChI is InChI=1S/C14H14FN3O5/c1-14(8-2-4-9(15)5-3-8)12(22)18(13(23)17-14)7-10(19)16-6-11(20)21/h2-5H,6-7H2,1H3,(H,16,19)(H,17,23)(H,20,21). The molecule has 122 valence electrons. The minimum absolute atomic E-state index is 0.366. The van der Waals surface area contributed by atoms with Crippen LogP contribution >= 0.6 is 0 Å². The number of carbonyl (C=O) groups is 4. The molecule has 1 saturated heterocycles. The van der Waals surface area contributed by atoms with Crippen molar-refractivity contribution in [3.63, 3.8) is 0 Å². The van der Waals surface area contributed by atoms with Crippen LogP contribution in [0.25, 0.3) is 0 Å². The van der Waals surface area contributed by atoms with Crippen LogP contribution in [-0.4, -0.2) is 46.9 Å². The molecular formula is C14H14FN3O5. The molecule has 3 N–H and O–H groups in total. The number of nitrogens with zero attached hydrogens (tertiary/aromatic N) is 1. The molecule has 0 aliphatic carbocycles. The van der Waals surface area contributed by atoms with Gasteiger partial charge in [0.25, 0.3) is 5.91 Å². The monoisotopic (exact) mass is 323 g/mol. The number of urea groups is 1. The third-order valence-corrected chi connectivity index (χ3v) is 3.44. The van der Waals surface area contributed by atoms with E-state index in [0.29, 0.717) is 10.5 Å². The molecule has 0 aromatic heterocycles. The van der Waals surface area contributed by atoms with Gasteiger partial charge in [-0.05, 0) is 24.6 Å². The van der Waals surface area contributed by atoms with Gasteiger partial charge in [-0.1, -0.05) is 12.1 Å². The number of carboxylic acid groups (broad SMARTS) is 1. The lowest BCUT2D eigenvalue weighted by molar-refractivity contribution is -0.138. The zero-order valence-electron chi connectivity index (χ0n) is 12.1. The molecule has 2 rings (SSSR count). The maximum Gasteiger partial charge on any atom is 0.325 e. The van der Waals surface area contributed by atoms with Crippen molar-refractivity contribution in [3.8, 4) is 0 Å². The van der Waals surface area contributed by atoms with Crippen LogP contribution in [0.2, 0.25) is 0 Å². The van der Waals surface area contributed by atoms with Gasteiger partial charge < -0.3 is 15.7 Å². The number of benzene rings is 1. The molecule has 0 radical (unpaired) electrons. The molecule has 1 unspecified atom stereocenters. The number of halogens is 1. The molecule has 0 bridgehead atoms. The lowest BCUT2D eigenvalue weighted by atomic mass is 9.92. The Hall–Kier alpha value is -2.97. The lowest BCUT2D eigenvalue weighted by Gasteiger charge is -2.22. The molecule has 0 spiro atoms. The van der Waals surface area contributed by atoms with Crippen LogP contribution < -0.4 is 10.6 Å². The van der Waals surface area contributed by atoms with Crippen LogP contribution in [0.3, 0.4) is 0 Å². The van der Waals surface area contributed by atoms with Crippen LogP contribution in [-0.2, 0) is 19.9 Å². The van der Waals surface area contributed by atoms with Crippen molar-refractivity contribution in [2.24, 2.45) is 0 Å². The Balaban J connectivity index is 2.14. The van der Waals surface area contributed by atoms with Crippen molar-refractivity contribution in [3.05, 3.63) is 35.6 Å². The Morgan fingerprint density at radius 1 is 1.30 bits per heavy atom. The van der Waals surface area contributed by atoms with Crippen molar-refractivity contribution < 1.29 is 28.7 Å². The van der Waals surface area contributed by atoms with Gasteiger partial charge in [-0.25, -0.2) is 9.18 Å². The van der Waals surface area contributed by atoms with Crippen LogP contribution in [0.15, 0.2) is 24.3 Å². The zero-order valence-corrected chi connectivity index (χ0v) is 12.1. The summed E-state index contributed by atoms with van der Waals surface area (Å²) in [6.07, 6.45) is 0. The Morgan fingerprint density at radius 2 is 1.91 bits per heavy atom. The molecule has 23 heavy (non-hydrogen) atoms. The van der Waals surface area contributed by atoms with E-state index in [4.69, 9.17) is 5.11 Å². The highest BCUT2D eigenvalue weighted by Crippen LogP contribution is 2.28. The summed E-state index contributed by atoms with van der Waals surface area (Å²) < 4.78 is 13.0. The Morgan fingerprint density at radius 3 is 2.48 bits per heavy atom. The van der Waals surface area contributed by atoms with Crippen molar-refractivity contribution in [2.75, 3.05) is 13.1 Å². The van der Waals surface area contributed by atoms with E-state index in [2.05, 4.69) is 10.6 Å². The summed E-state index contributed by atoms with van der Waals surface area (Å²) in [5, 5.41) is 13.0. The fourth-order valence-corrected chi connectivity index (χ4v) is 2.19. The topological polar surface area (TPSA) is 116 Å². The first kappa shape index (κ1) is 16.4. The highest BCUT2D eigenvalue weighted by molar-refractivity contribution is 6.09. The van der Waals surface area contributed by atoms with Crippen LogP contribution in [0.1, 0.15) is 12.5 Å². The number of hydrogen-bond acceptors (Lipinski definition) is 4. The molecule has 1 heterocycles. The Kier molecular flexibility index (Phi) is 4.30. The smallest absolute Gasteiger partial charge is 0.325 e. The van der Waals surface area contributed by atoms with Gasteiger partial charge in [-0.2, -0.15) is 0 Å². The number of nitrogens with one attached hydrogen (secondary N) is 2. The summed E-state index contributed by atoms with van der Waals surface area (Å²) in [4.78, 5) is 47.0. The molecule has 1 aliphatic rings. The molecule has 8 nitrogen and oxygen atoms in total.